The van der Waals surface area contributed by atoms with Crippen molar-refractivity contribution < 1.29 is 9.50 Å². The lowest BCUT2D eigenvalue weighted by molar-refractivity contribution is 0.475. The summed E-state index contributed by atoms with van der Waals surface area (Å²) >= 11 is 0. The minimum atomic E-state index is -0.258. The van der Waals surface area contributed by atoms with Gasteiger partial charge < -0.3 is 10.4 Å². The number of nitrogens with one attached hydrogen (secondary N) is 1. The van der Waals surface area contributed by atoms with E-state index in [0.717, 1.165) is 11.1 Å². The Morgan fingerprint density at radius 2 is 1.78 bits per heavy atom. The summed E-state index contributed by atoms with van der Waals surface area (Å²) < 4.78 is 13.6. The number of aryl methyl sites for hydroxylation is 1. The van der Waals surface area contributed by atoms with Crippen molar-refractivity contribution in [3.05, 3.63) is 59.4 Å². The first-order chi connectivity index (χ1) is 8.56. The molecule has 0 fully saturated rings. The highest BCUT2D eigenvalue weighted by molar-refractivity contribution is 5.49. The van der Waals surface area contributed by atoms with Gasteiger partial charge in [-0.3, -0.25) is 0 Å². The highest BCUT2D eigenvalue weighted by Gasteiger charge is 2.08. The molecule has 0 aromatic heterocycles. The first-order valence-corrected chi connectivity index (χ1v) is 5.88. The maximum atomic E-state index is 13.6. The second kappa shape index (κ2) is 5.08. The Labute approximate surface area is 106 Å². The van der Waals surface area contributed by atoms with E-state index in [4.69, 9.17) is 0 Å². The van der Waals surface area contributed by atoms with Crippen LogP contribution in [-0.2, 0) is 0 Å². The number of halogens is 1. The van der Waals surface area contributed by atoms with Gasteiger partial charge in [-0.2, -0.15) is 0 Å². The van der Waals surface area contributed by atoms with E-state index < -0.39 is 0 Å². The van der Waals surface area contributed by atoms with E-state index in [1.807, 2.05) is 26.0 Å². The maximum Gasteiger partial charge on any atom is 0.146 e. The van der Waals surface area contributed by atoms with E-state index in [-0.39, 0.29) is 17.6 Å². The molecule has 2 rings (SSSR count). The summed E-state index contributed by atoms with van der Waals surface area (Å²) in [5, 5.41) is 12.4. The van der Waals surface area contributed by atoms with Gasteiger partial charge in [-0.05, 0) is 49.2 Å². The molecular weight excluding hydrogens is 229 g/mol. The Balaban J connectivity index is 2.18. The molecule has 0 heterocycles. The molecule has 0 radical (unpaired) electrons. The molecule has 0 aliphatic rings. The number of hydrogen-bond acceptors (Lipinski definition) is 2. The zero-order valence-corrected chi connectivity index (χ0v) is 10.4. The molecule has 2 nitrogen and oxygen atoms in total. The molecule has 2 aromatic carbocycles. The van der Waals surface area contributed by atoms with Gasteiger partial charge in [-0.25, -0.2) is 4.39 Å². The third kappa shape index (κ3) is 2.80. The SMILES string of the molecule is Cc1ccc(F)c(NC(C)c2ccc(O)cc2)c1. The molecule has 0 saturated heterocycles. The van der Waals surface area contributed by atoms with E-state index in [2.05, 4.69) is 5.32 Å². The molecular formula is C15H16FNO. The van der Waals surface area contributed by atoms with Crippen molar-refractivity contribution in [2.75, 3.05) is 5.32 Å². The molecule has 94 valence electrons. The zero-order chi connectivity index (χ0) is 13.1. The third-order valence-electron chi connectivity index (χ3n) is 2.89. The van der Waals surface area contributed by atoms with E-state index in [1.165, 1.54) is 6.07 Å². The number of rotatable bonds is 3. The minimum absolute atomic E-state index is 0.0260. The van der Waals surface area contributed by atoms with Crippen molar-refractivity contribution in [1.82, 2.24) is 0 Å². The average Bonchev–Trinajstić information content (AvgIpc) is 2.34. The van der Waals surface area contributed by atoms with Gasteiger partial charge in [0.2, 0.25) is 0 Å². The molecule has 0 bridgehead atoms. The van der Waals surface area contributed by atoms with E-state index in [9.17, 15) is 9.50 Å². The quantitative estimate of drug-likeness (QED) is 0.856. The Kier molecular flexibility index (Phi) is 3.51. The van der Waals surface area contributed by atoms with Crippen LogP contribution in [-0.4, -0.2) is 5.11 Å². The molecule has 1 atom stereocenters. The highest BCUT2D eigenvalue weighted by Crippen LogP contribution is 2.23. The number of aromatic hydroxyl groups is 1. The second-order valence-corrected chi connectivity index (χ2v) is 4.44. The van der Waals surface area contributed by atoms with Crippen LogP contribution in [0, 0.1) is 12.7 Å². The van der Waals surface area contributed by atoms with Crippen LogP contribution in [0.5, 0.6) is 5.75 Å². The molecule has 0 saturated carbocycles. The van der Waals surface area contributed by atoms with Crippen molar-refractivity contribution >= 4 is 5.69 Å². The maximum absolute atomic E-state index is 13.6. The number of phenolic OH excluding ortho intramolecular Hbond substituents is 1. The highest BCUT2D eigenvalue weighted by atomic mass is 19.1. The Morgan fingerprint density at radius 3 is 2.44 bits per heavy atom. The molecule has 0 aliphatic heterocycles. The number of hydrogen-bond donors (Lipinski definition) is 2. The van der Waals surface area contributed by atoms with Crippen LogP contribution < -0.4 is 5.32 Å². The van der Waals surface area contributed by atoms with Crippen molar-refractivity contribution in [1.29, 1.82) is 0 Å². The third-order valence-corrected chi connectivity index (χ3v) is 2.89. The predicted molar refractivity (Wildman–Crippen MR) is 71.3 cm³/mol. The summed E-state index contributed by atoms with van der Waals surface area (Å²) in [5.41, 5.74) is 2.50. The normalized spacial score (nSPS) is 12.2. The number of anilines is 1. The largest absolute Gasteiger partial charge is 0.508 e. The lowest BCUT2D eigenvalue weighted by atomic mass is 10.1. The van der Waals surface area contributed by atoms with Gasteiger partial charge in [0.25, 0.3) is 0 Å². The van der Waals surface area contributed by atoms with E-state index >= 15 is 0 Å². The summed E-state index contributed by atoms with van der Waals surface area (Å²) in [5.74, 6) is -0.0288. The predicted octanol–water partition coefficient (Wildman–Crippen LogP) is 4.01. The molecule has 0 amide bonds. The van der Waals surface area contributed by atoms with E-state index in [0.29, 0.717) is 5.69 Å². The summed E-state index contributed by atoms with van der Waals surface area (Å²) in [7, 11) is 0. The average molecular weight is 245 g/mol. The number of phenols is 1. The van der Waals surface area contributed by atoms with Gasteiger partial charge in [0.1, 0.15) is 11.6 Å². The summed E-state index contributed by atoms with van der Waals surface area (Å²) in [4.78, 5) is 0. The fraction of sp³-hybridized carbons (Fsp3) is 0.200. The lowest BCUT2D eigenvalue weighted by Crippen LogP contribution is -2.07. The molecule has 18 heavy (non-hydrogen) atoms. The monoisotopic (exact) mass is 245 g/mol. The summed E-state index contributed by atoms with van der Waals surface area (Å²) in [6.07, 6.45) is 0. The molecule has 2 N–H and O–H groups in total. The first-order valence-electron chi connectivity index (χ1n) is 5.88. The first kappa shape index (κ1) is 12.4. The van der Waals surface area contributed by atoms with Crippen molar-refractivity contribution in [3.63, 3.8) is 0 Å². The van der Waals surface area contributed by atoms with Crippen LogP contribution in [0.25, 0.3) is 0 Å². The van der Waals surface area contributed by atoms with Crippen LogP contribution in [0.2, 0.25) is 0 Å². The van der Waals surface area contributed by atoms with Crippen LogP contribution >= 0.6 is 0 Å². The Hall–Kier alpha value is -2.03. The fourth-order valence-electron chi connectivity index (χ4n) is 1.83. The van der Waals surface area contributed by atoms with Gasteiger partial charge in [0.05, 0.1) is 5.69 Å². The zero-order valence-electron chi connectivity index (χ0n) is 10.4. The summed E-state index contributed by atoms with van der Waals surface area (Å²) in [6.45, 7) is 3.88. The lowest BCUT2D eigenvalue weighted by Gasteiger charge is -2.16. The molecule has 0 aliphatic carbocycles. The molecule has 0 spiro atoms. The van der Waals surface area contributed by atoms with Gasteiger partial charge in [-0.1, -0.05) is 18.2 Å². The van der Waals surface area contributed by atoms with Gasteiger partial charge in [-0.15, -0.1) is 0 Å². The van der Waals surface area contributed by atoms with Crippen molar-refractivity contribution in [2.24, 2.45) is 0 Å². The molecule has 3 heteroatoms. The van der Waals surface area contributed by atoms with E-state index in [1.54, 1.807) is 24.3 Å². The molecule has 2 aromatic rings. The minimum Gasteiger partial charge on any atom is -0.508 e. The Bertz CT molecular complexity index is 537. The standard InChI is InChI=1S/C15H16FNO/c1-10-3-8-14(16)15(9-10)17-11(2)12-4-6-13(18)7-5-12/h3-9,11,17-18H,1-2H3. The van der Waals surface area contributed by atoms with Gasteiger partial charge in [0.15, 0.2) is 0 Å². The second-order valence-electron chi connectivity index (χ2n) is 4.44. The molecule has 1 unspecified atom stereocenters. The number of benzene rings is 2. The summed E-state index contributed by atoms with van der Waals surface area (Å²) in [6, 6.07) is 11.8. The topological polar surface area (TPSA) is 32.3 Å². The van der Waals surface area contributed by atoms with Crippen LogP contribution in [0.3, 0.4) is 0 Å². The Morgan fingerprint density at radius 1 is 1.11 bits per heavy atom. The van der Waals surface area contributed by atoms with Crippen LogP contribution in [0.4, 0.5) is 10.1 Å². The van der Waals surface area contributed by atoms with Crippen molar-refractivity contribution in [2.45, 2.75) is 19.9 Å². The van der Waals surface area contributed by atoms with Gasteiger partial charge in [0, 0.05) is 6.04 Å². The van der Waals surface area contributed by atoms with Crippen LogP contribution in [0.15, 0.2) is 42.5 Å². The fourth-order valence-corrected chi connectivity index (χ4v) is 1.83. The smallest absolute Gasteiger partial charge is 0.146 e. The van der Waals surface area contributed by atoms with Crippen molar-refractivity contribution in [3.8, 4) is 5.75 Å². The van der Waals surface area contributed by atoms with Gasteiger partial charge >= 0.3 is 0 Å². The van der Waals surface area contributed by atoms with Crippen LogP contribution in [0.1, 0.15) is 24.1 Å².